The first-order chi connectivity index (χ1) is 10.1. The Morgan fingerprint density at radius 1 is 1.29 bits per heavy atom. The summed E-state index contributed by atoms with van der Waals surface area (Å²) in [5.74, 6) is 0.597. The Labute approximate surface area is 126 Å². The molecule has 1 heterocycles. The van der Waals surface area contributed by atoms with Gasteiger partial charge in [-0.1, -0.05) is 12.8 Å². The van der Waals surface area contributed by atoms with Crippen LogP contribution in [-0.4, -0.2) is 54.2 Å². The largest absolute Gasteiger partial charge is 0.366 e. The maximum atomic E-state index is 11.9. The SMILES string of the molecule is CN(C)CCCNC(=O)c1ccc(NC2CCCC2)nn1. The Morgan fingerprint density at radius 3 is 2.67 bits per heavy atom. The van der Waals surface area contributed by atoms with Gasteiger partial charge in [0.15, 0.2) is 5.69 Å². The van der Waals surface area contributed by atoms with E-state index in [9.17, 15) is 4.79 Å². The smallest absolute Gasteiger partial charge is 0.271 e. The third kappa shape index (κ3) is 5.30. The fourth-order valence-corrected chi connectivity index (χ4v) is 2.50. The van der Waals surface area contributed by atoms with E-state index in [1.54, 1.807) is 6.07 Å². The summed E-state index contributed by atoms with van der Waals surface area (Å²) in [5.41, 5.74) is 0.372. The summed E-state index contributed by atoms with van der Waals surface area (Å²) >= 11 is 0. The number of amides is 1. The molecule has 1 aliphatic rings. The molecule has 1 fully saturated rings. The molecule has 0 radical (unpaired) electrons. The summed E-state index contributed by atoms with van der Waals surface area (Å²) in [5, 5.41) is 14.3. The number of nitrogens with one attached hydrogen (secondary N) is 2. The lowest BCUT2D eigenvalue weighted by Gasteiger charge is -2.12. The van der Waals surface area contributed by atoms with Gasteiger partial charge in [-0.2, -0.15) is 0 Å². The number of hydrogen-bond donors (Lipinski definition) is 2. The van der Waals surface area contributed by atoms with E-state index in [1.807, 2.05) is 20.2 Å². The summed E-state index contributed by atoms with van der Waals surface area (Å²) in [6, 6.07) is 4.07. The fraction of sp³-hybridized carbons (Fsp3) is 0.667. The minimum absolute atomic E-state index is 0.159. The highest BCUT2D eigenvalue weighted by molar-refractivity contribution is 5.92. The quantitative estimate of drug-likeness (QED) is 0.745. The Bertz CT molecular complexity index is 440. The number of nitrogens with zero attached hydrogens (tertiary/aromatic N) is 3. The molecule has 6 heteroatoms. The van der Waals surface area contributed by atoms with E-state index in [0.29, 0.717) is 18.3 Å². The minimum atomic E-state index is -0.159. The molecule has 0 spiro atoms. The third-order valence-corrected chi connectivity index (χ3v) is 3.67. The predicted molar refractivity (Wildman–Crippen MR) is 83.4 cm³/mol. The second-order valence-electron chi connectivity index (χ2n) is 5.84. The lowest BCUT2D eigenvalue weighted by atomic mass is 10.2. The van der Waals surface area contributed by atoms with Gasteiger partial charge in [-0.15, -0.1) is 10.2 Å². The zero-order chi connectivity index (χ0) is 15.1. The van der Waals surface area contributed by atoms with Gasteiger partial charge in [0, 0.05) is 12.6 Å². The van der Waals surface area contributed by atoms with Crippen molar-refractivity contribution in [3.8, 4) is 0 Å². The van der Waals surface area contributed by atoms with Gasteiger partial charge in [0.2, 0.25) is 0 Å². The molecular formula is C15H25N5O. The average molecular weight is 291 g/mol. The van der Waals surface area contributed by atoms with Gasteiger partial charge in [0.1, 0.15) is 5.82 Å². The van der Waals surface area contributed by atoms with Crippen molar-refractivity contribution in [2.75, 3.05) is 32.5 Å². The van der Waals surface area contributed by atoms with Crippen LogP contribution in [0.5, 0.6) is 0 Å². The number of hydrogen-bond acceptors (Lipinski definition) is 5. The van der Waals surface area contributed by atoms with Crippen LogP contribution in [0, 0.1) is 0 Å². The van der Waals surface area contributed by atoms with E-state index in [1.165, 1.54) is 25.7 Å². The topological polar surface area (TPSA) is 70.2 Å². The summed E-state index contributed by atoms with van der Waals surface area (Å²) < 4.78 is 0. The molecular weight excluding hydrogens is 266 g/mol. The summed E-state index contributed by atoms with van der Waals surface area (Å²) in [4.78, 5) is 14.0. The van der Waals surface area contributed by atoms with Gasteiger partial charge in [-0.3, -0.25) is 4.79 Å². The summed E-state index contributed by atoms with van der Waals surface area (Å²) in [6.07, 6.45) is 5.86. The number of anilines is 1. The first-order valence-electron chi connectivity index (χ1n) is 7.68. The molecule has 2 rings (SSSR count). The zero-order valence-electron chi connectivity index (χ0n) is 12.9. The van der Waals surface area contributed by atoms with Crippen LogP contribution in [0.4, 0.5) is 5.82 Å². The molecule has 6 nitrogen and oxygen atoms in total. The number of rotatable bonds is 7. The third-order valence-electron chi connectivity index (χ3n) is 3.67. The van der Waals surface area contributed by atoms with E-state index in [-0.39, 0.29) is 5.91 Å². The molecule has 2 N–H and O–H groups in total. The predicted octanol–water partition coefficient (Wildman–Crippen LogP) is 1.51. The van der Waals surface area contributed by atoms with Crippen molar-refractivity contribution in [3.05, 3.63) is 17.8 Å². The Hall–Kier alpha value is -1.69. The molecule has 116 valence electrons. The Balaban J connectivity index is 1.76. The monoisotopic (exact) mass is 291 g/mol. The summed E-state index contributed by atoms with van der Waals surface area (Å²) in [7, 11) is 4.03. The van der Waals surface area contributed by atoms with E-state index >= 15 is 0 Å². The van der Waals surface area contributed by atoms with E-state index in [4.69, 9.17) is 0 Å². The van der Waals surface area contributed by atoms with Crippen molar-refractivity contribution in [2.24, 2.45) is 0 Å². The fourth-order valence-electron chi connectivity index (χ4n) is 2.50. The lowest BCUT2D eigenvalue weighted by Crippen LogP contribution is -2.28. The molecule has 1 aromatic rings. The first kappa shape index (κ1) is 15.7. The molecule has 1 amide bonds. The second kappa shape index (κ2) is 7.93. The highest BCUT2D eigenvalue weighted by atomic mass is 16.1. The molecule has 21 heavy (non-hydrogen) atoms. The van der Waals surface area contributed by atoms with Crippen LogP contribution in [0.3, 0.4) is 0 Å². The first-order valence-corrected chi connectivity index (χ1v) is 7.68. The standard InChI is InChI=1S/C15H25N5O/c1-20(2)11-5-10-16-15(21)13-8-9-14(19-18-13)17-12-6-3-4-7-12/h8-9,12H,3-7,10-11H2,1-2H3,(H,16,21)(H,17,19). The van der Waals surface area contributed by atoms with Crippen molar-refractivity contribution >= 4 is 11.7 Å². The van der Waals surface area contributed by atoms with E-state index in [2.05, 4.69) is 25.7 Å². The highest BCUT2D eigenvalue weighted by Gasteiger charge is 2.15. The van der Waals surface area contributed by atoms with Crippen molar-refractivity contribution in [3.63, 3.8) is 0 Å². The maximum Gasteiger partial charge on any atom is 0.271 e. The van der Waals surface area contributed by atoms with Crippen molar-refractivity contribution in [1.82, 2.24) is 20.4 Å². The highest BCUT2D eigenvalue weighted by Crippen LogP contribution is 2.20. The molecule has 0 aromatic carbocycles. The van der Waals surface area contributed by atoms with Crippen molar-refractivity contribution < 1.29 is 4.79 Å². The molecule has 1 aromatic heterocycles. The number of aromatic nitrogens is 2. The van der Waals surface area contributed by atoms with Gasteiger partial charge >= 0.3 is 0 Å². The molecule has 0 bridgehead atoms. The van der Waals surface area contributed by atoms with Crippen LogP contribution in [0.25, 0.3) is 0 Å². The maximum absolute atomic E-state index is 11.9. The lowest BCUT2D eigenvalue weighted by molar-refractivity contribution is 0.0946. The van der Waals surface area contributed by atoms with Gasteiger partial charge in [0.05, 0.1) is 0 Å². The Morgan fingerprint density at radius 2 is 2.05 bits per heavy atom. The normalized spacial score (nSPS) is 15.4. The summed E-state index contributed by atoms with van der Waals surface area (Å²) in [6.45, 7) is 1.61. The van der Waals surface area contributed by atoms with Gasteiger partial charge < -0.3 is 15.5 Å². The van der Waals surface area contributed by atoms with Crippen LogP contribution in [-0.2, 0) is 0 Å². The van der Waals surface area contributed by atoms with E-state index in [0.717, 1.165) is 18.8 Å². The molecule has 0 unspecified atom stereocenters. The second-order valence-corrected chi connectivity index (χ2v) is 5.84. The van der Waals surface area contributed by atoms with E-state index < -0.39 is 0 Å². The van der Waals surface area contributed by atoms with Crippen molar-refractivity contribution in [2.45, 2.75) is 38.1 Å². The van der Waals surface area contributed by atoms with Crippen LogP contribution in [0.2, 0.25) is 0 Å². The van der Waals surface area contributed by atoms with Crippen LogP contribution < -0.4 is 10.6 Å². The zero-order valence-corrected chi connectivity index (χ0v) is 12.9. The van der Waals surface area contributed by atoms with Gasteiger partial charge in [-0.05, 0) is 52.0 Å². The molecule has 0 aliphatic heterocycles. The molecule has 1 saturated carbocycles. The minimum Gasteiger partial charge on any atom is -0.366 e. The molecule has 0 saturated heterocycles. The van der Waals surface area contributed by atoms with Gasteiger partial charge in [-0.25, -0.2) is 0 Å². The average Bonchev–Trinajstić information content (AvgIpc) is 2.97. The number of carbonyl (C=O) groups is 1. The van der Waals surface area contributed by atoms with Crippen LogP contribution >= 0.6 is 0 Å². The van der Waals surface area contributed by atoms with Crippen LogP contribution in [0.1, 0.15) is 42.6 Å². The molecule has 1 aliphatic carbocycles. The van der Waals surface area contributed by atoms with Gasteiger partial charge in [0.25, 0.3) is 5.91 Å². The molecule has 0 atom stereocenters. The van der Waals surface area contributed by atoms with Crippen molar-refractivity contribution in [1.29, 1.82) is 0 Å². The Kier molecular flexibility index (Phi) is 5.92. The van der Waals surface area contributed by atoms with Crippen LogP contribution in [0.15, 0.2) is 12.1 Å². The number of carbonyl (C=O) groups excluding carboxylic acids is 1.